The first-order chi connectivity index (χ1) is 9.06. The molecule has 0 aromatic carbocycles. The molecular formula is C14H31NaO4S. The normalized spacial score (nSPS) is 11.3. The first kappa shape index (κ1) is 23.1. The standard InChI is InChI=1S/C14H30O4S.Na.H/c1-2-3-4-5-6-7-8-9-10-11-12-13-14-18-19(15,16)17;;/h2-14H2,1H3,(H,15,16,17);;. The van der Waals surface area contributed by atoms with Gasteiger partial charge in [0.2, 0.25) is 0 Å². The van der Waals surface area contributed by atoms with Gasteiger partial charge in [0.05, 0.1) is 6.61 Å². The molecule has 0 radical (unpaired) electrons. The molecule has 0 saturated carbocycles. The van der Waals surface area contributed by atoms with Crippen LogP contribution in [0.1, 0.15) is 84.0 Å². The Labute approximate surface area is 147 Å². The molecule has 0 rings (SSSR count). The van der Waals surface area contributed by atoms with Gasteiger partial charge in [0.1, 0.15) is 0 Å². The third-order valence-corrected chi connectivity index (χ3v) is 3.69. The van der Waals surface area contributed by atoms with E-state index < -0.39 is 10.4 Å². The summed E-state index contributed by atoms with van der Waals surface area (Å²) >= 11 is 0. The molecule has 0 amide bonds. The molecule has 0 bridgehead atoms. The molecule has 4 nitrogen and oxygen atoms in total. The molecule has 0 heterocycles. The Balaban J connectivity index is 0. The van der Waals surface area contributed by atoms with E-state index in [1.54, 1.807) is 0 Å². The van der Waals surface area contributed by atoms with Gasteiger partial charge in [0.15, 0.2) is 0 Å². The predicted molar refractivity (Wildman–Crippen MR) is 85.7 cm³/mol. The zero-order chi connectivity index (χ0) is 14.4. The third-order valence-electron chi connectivity index (χ3n) is 3.23. The van der Waals surface area contributed by atoms with Gasteiger partial charge in [0.25, 0.3) is 0 Å². The minimum atomic E-state index is -4.24. The molecule has 0 aromatic heterocycles. The molecule has 6 heteroatoms. The van der Waals surface area contributed by atoms with E-state index in [1.165, 1.54) is 57.8 Å². The molecule has 0 aliphatic carbocycles. The molecule has 118 valence electrons. The van der Waals surface area contributed by atoms with Crippen molar-refractivity contribution in [1.82, 2.24) is 0 Å². The van der Waals surface area contributed by atoms with Gasteiger partial charge in [-0.05, 0) is 6.42 Å². The van der Waals surface area contributed by atoms with Crippen molar-refractivity contribution in [2.45, 2.75) is 84.0 Å². The Bertz CT molecular complexity index is 281. The van der Waals surface area contributed by atoms with Crippen LogP contribution in [0.4, 0.5) is 0 Å². The van der Waals surface area contributed by atoms with E-state index >= 15 is 0 Å². The van der Waals surface area contributed by atoms with Crippen molar-refractivity contribution < 1.29 is 17.2 Å². The van der Waals surface area contributed by atoms with Gasteiger partial charge >= 0.3 is 40.0 Å². The van der Waals surface area contributed by atoms with Crippen LogP contribution in [0.2, 0.25) is 0 Å². The summed E-state index contributed by atoms with van der Waals surface area (Å²) in [6, 6.07) is 0. The molecule has 0 saturated heterocycles. The van der Waals surface area contributed by atoms with Crippen molar-refractivity contribution in [3.63, 3.8) is 0 Å². The van der Waals surface area contributed by atoms with Gasteiger partial charge in [-0.15, -0.1) is 0 Å². The molecule has 0 unspecified atom stereocenters. The van der Waals surface area contributed by atoms with Gasteiger partial charge in [-0.25, -0.2) is 4.18 Å². The molecule has 0 fully saturated rings. The summed E-state index contributed by atoms with van der Waals surface area (Å²) in [6.07, 6.45) is 14.7. The van der Waals surface area contributed by atoms with Crippen LogP contribution in [-0.4, -0.2) is 49.1 Å². The molecule has 0 aromatic rings. The first-order valence-electron chi connectivity index (χ1n) is 7.68. The van der Waals surface area contributed by atoms with Crippen molar-refractivity contribution in [2.24, 2.45) is 0 Å². The van der Waals surface area contributed by atoms with Crippen molar-refractivity contribution in [3.8, 4) is 0 Å². The van der Waals surface area contributed by atoms with E-state index in [0.717, 1.165) is 12.8 Å². The van der Waals surface area contributed by atoms with Gasteiger partial charge in [0, 0.05) is 0 Å². The quantitative estimate of drug-likeness (QED) is 0.300. The van der Waals surface area contributed by atoms with E-state index in [1.807, 2.05) is 0 Å². The van der Waals surface area contributed by atoms with Crippen molar-refractivity contribution in [1.29, 1.82) is 0 Å². The summed E-state index contributed by atoms with van der Waals surface area (Å²) in [5, 5.41) is 0. The molecule has 0 aliphatic heterocycles. The van der Waals surface area contributed by atoms with Crippen LogP contribution < -0.4 is 0 Å². The van der Waals surface area contributed by atoms with E-state index in [0.29, 0.717) is 6.42 Å². The Kier molecular flexibility index (Phi) is 18.8. The Morgan fingerprint density at radius 3 is 1.45 bits per heavy atom. The summed E-state index contributed by atoms with van der Waals surface area (Å²) in [5.41, 5.74) is 0. The molecule has 0 spiro atoms. The number of unbranched alkanes of at least 4 members (excludes halogenated alkanes) is 11. The van der Waals surface area contributed by atoms with Crippen LogP contribution in [0.25, 0.3) is 0 Å². The van der Waals surface area contributed by atoms with Crippen LogP contribution >= 0.6 is 0 Å². The second kappa shape index (κ2) is 16.2. The number of hydrogen-bond acceptors (Lipinski definition) is 3. The average Bonchev–Trinajstić information content (AvgIpc) is 2.34. The summed E-state index contributed by atoms with van der Waals surface area (Å²) in [5.74, 6) is 0. The Morgan fingerprint density at radius 2 is 1.10 bits per heavy atom. The average molecular weight is 318 g/mol. The van der Waals surface area contributed by atoms with E-state index in [-0.39, 0.29) is 36.2 Å². The molecule has 20 heavy (non-hydrogen) atoms. The van der Waals surface area contributed by atoms with Gasteiger partial charge < -0.3 is 0 Å². The second-order valence-corrected chi connectivity index (χ2v) is 6.23. The van der Waals surface area contributed by atoms with Crippen molar-refractivity contribution in [3.05, 3.63) is 0 Å². The van der Waals surface area contributed by atoms with E-state index in [9.17, 15) is 8.42 Å². The van der Waals surface area contributed by atoms with Crippen LogP contribution in [-0.2, 0) is 14.6 Å². The zero-order valence-corrected chi connectivity index (χ0v) is 13.1. The Hall–Kier alpha value is 0.870. The van der Waals surface area contributed by atoms with E-state index in [2.05, 4.69) is 11.1 Å². The number of hydrogen-bond donors (Lipinski definition) is 1. The fourth-order valence-electron chi connectivity index (χ4n) is 2.11. The topological polar surface area (TPSA) is 63.6 Å². The van der Waals surface area contributed by atoms with Crippen LogP contribution in [0.15, 0.2) is 0 Å². The summed E-state index contributed by atoms with van der Waals surface area (Å²) in [4.78, 5) is 0. The number of rotatable bonds is 14. The summed E-state index contributed by atoms with van der Waals surface area (Å²) in [7, 11) is -4.24. The summed E-state index contributed by atoms with van der Waals surface area (Å²) < 4.78 is 33.1. The fourth-order valence-corrected chi connectivity index (χ4v) is 2.44. The van der Waals surface area contributed by atoms with Gasteiger partial charge in [-0.2, -0.15) is 8.42 Å². The SMILES string of the molecule is CCCCCCCCCCCCCCOS(=O)(=O)O.[NaH]. The Morgan fingerprint density at radius 1 is 0.750 bits per heavy atom. The maximum atomic E-state index is 10.3. The predicted octanol–water partition coefficient (Wildman–Crippen LogP) is 3.86. The molecule has 1 N–H and O–H groups in total. The van der Waals surface area contributed by atoms with Crippen LogP contribution in [0.3, 0.4) is 0 Å². The van der Waals surface area contributed by atoms with E-state index in [4.69, 9.17) is 4.55 Å². The first-order valence-corrected chi connectivity index (χ1v) is 9.04. The monoisotopic (exact) mass is 318 g/mol. The second-order valence-electron chi connectivity index (χ2n) is 5.14. The van der Waals surface area contributed by atoms with Crippen LogP contribution in [0.5, 0.6) is 0 Å². The van der Waals surface area contributed by atoms with Gasteiger partial charge in [-0.3, -0.25) is 4.55 Å². The maximum absolute atomic E-state index is 10.3. The van der Waals surface area contributed by atoms with Crippen LogP contribution in [0, 0.1) is 0 Å². The fraction of sp³-hybridized carbons (Fsp3) is 1.00. The molecule has 0 aliphatic rings. The molecular weight excluding hydrogens is 287 g/mol. The third kappa shape index (κ3) is 21.2. The van der Waals surface area contributed by atoms with Crippen molar-refractivity contribution in [2.75, 3.05) is 6.61 Å². The van der Waals surface area contributed by atoms with Gasteiger partial charge in [-0.1, -0.05) is 77.6 Å². The summed E-state index contributed by atoms with van der Waals surface area (Å²) in [6.45, 7) is 2.33. The van der Waals surface area contributed by atoms with Crippen molar-refractivity contribution >= 4 is 40.0 Å². The molecule has 0 atom stereocenters. The minimum absolute atomic E-state index is 0. The zero-order valence-electron chi connectivity index (χ0n) is 12.3.